The first-order valence-corrected chi connectivity index (χ1v) is 7.99. The maximum atomic E-state index is 4.56. The molecule has 20 heavy (non-hydrogen) atoms. The van der Waals surface area contributed by atoms with E-state index in [0.717, 1.165) is 48.9 Å². The second-order valence-electron chi connectivity index (χ2n) is 6.46. The van der Waals surface area contributed by atoms with Gasteiger partial charge in [-0.05, 0) is 43.6 Å². The van der Waals surface area contributed by atoms with Crippen molar-refractivity contribution in [2.45, 2.75) is 39.2 Å². The molecule has 0 amide bonds. The lowest BCUT2D eigenvalue weighted by molar-refractivity contribution is 0.337. The van der Waals surface area contributed by atoms with Crippen molar-refractivity contribution < 1.29 is 0 Å². The Hall–Kier alpha value is -1.16. The third-order valence-electron chi connectivity index (χ3n) is 5.03. The van der Waals surface area contributed by atoms with E-state index in [2.05, 4.69) is 34.2 Å². The van der Waals surface area contributed by atoms with Crippen LogP contribution in [0.3, 0.4) is 0 Å². The molecule has 3 unspecified atom stereocenters. The second kappa shape index (κ2) is 6.08. The Morgan fingerprint density at radius 3 is 2.75 bits per heavy atom. The molecule has 3 atom stereocenters. The third kappa shape index (κ3) is 2.95. The zero-order valence-electron chi connectivity index (χ0n) is 12.7. The molecular formula is C16H26N4. The van der Waals surface area contributed by atoms with Gasteiger partial charge in [0.05, 0.1) is 18.1 Å². The first-order valence-electron chi connectivity index (χ1n) is 7.99. The molecule has 2 bridgehead atoms. The van der Waals surface area contributed by atoms with E-state index in [1.165, 1.54) is 25.7 Å². The van der Waals surface area contributed by atoms with Gasteiger partial charge in [0.1, 0.15) is 5.82 Å². The molecule has 3 rings (SSSR count). The lowest BCUT2D eigenvalue weighted by atomic mass is 9.88. The topological polar surface area (TPSA) is 41.1 Å². The molecule has 0 saturated heterocycles. The summed E-state index contributed by atoms with van der Waals surface area (Å²) >= 11 is 0. The van der Waals surface area contributed by atoms with E-state index in [-0.39, 0.29) is 0 Å². The van der Waals surface area contributed by atoms with Crippen molar-refractivity contribution in [1.82, 2.24) is 15.3 Å². The lowest BCUT2D eigenvalue weighted by Crippen LogP contribution is -2.29. The normalized spacial score (nSPS) is 28.0. The van der Waals surface area contributed by atoms with Gasteiger partial charge in [-0.3, -0.25) is 4.98 Å². The van der Waals surface area contributed by atoms with Gasteiger partial charge in [-0.1, -0.05) is 13.3 Å². The van der Waals surface area contributed by atoms with E-state index in [0.29, 0.717) is 0 Å². The molecule has 0 aliphatic heterocycles. The minimum atomic E-state index is 0.805. The smallest absolute Gasteiger partial charge is 0.146 e. The summed E-state index contributed by atoms with van der Waals surface area (Å²) in [5.74, 6) is 3.88. The standard InChI is InChI=1S/C16H26N4/c1-3-17-8-15-9-19-16(10-18-15)20(2)11-14-7-12-4-5-13(14)6-12/h9-10,12-14,17H,3-8,11H2,1-2H3. The van der Waals surface area contributed by atoms with E-state index in [1.807, 2.05) is 12.4 Å². The molecule has 2 aliphatic carbocycles. The Morgan fingerprint density at radius 2 is 2.15 bits per heavy atom. The zero-order valence-corrected chi connectivity index (χ0v) is 12.7. The maximum Gasteiger partial charge on any atom is 0.146 e. The summed E-state index contributed by atoms with van der Waals surface area (Å²) in [7, 11) is 2.15. The van der Waals surface area contributed by atoms with Gasteiger partial charge in [-0.15, -0.1) is 0 Å². The number of nitrogens with one attached hydrogen (secondary N) is 1. The molecule has 1 N–H and O–H groups in total. The minimum Gasteiger partial charge on any atom is -0.358 e. The van der Waals surface area contributed by atoms with Crippen LogP contribution in [0.2, 0.25) is 0 Å². The van der Waals surface area contributed by atoms with Gasteiger partial charge in [0.15, 0.2) is 0 Å². The van der Waals surface area contributed by atoms with E-state index < -0.39 is 0 Å². The summed E-state index contributed by atoms with van der Waals surface area (Å²) in [6.07, 6.45) is 9.65. The SMILES string of the molecule is CCNCc1cnc(N(C)CC2CC3CCC2C3)cn1. The number of aromatic nitrogens is 2. The monoisotopic (exact) mass is 274 g/mol. The van der Waals surface area contributed by atoms with Crippen molar-refractivity contribution in [2.24, 2.45) is 17.8 Å². The maximum absolute atomic E-state index is 4.56. The largest absolute Gasteiger partial charge is 0.358 e. The lowest BCUT2D eigenvalue weighted by Gasteiger charge is -2.27. The zero-order chi connectivity index (χ0) is 13.9. The van der Waals surface area contributed by atoms with Crippen LogP contribution in [0.5, 0.6) is 0 Å². The predicted molar refractivity (Wildman–Crippen MR) is 81.6 cm³/mol. The highest BCUT2D eigenvalue weighted by atomic mass is 15.2. The molecule has 110 valence electrons. The molecule has 4 heteroatoms. The Bertz CT molecular complexity index is 431. The van der Waals surface area contributed by atoms with Crippen LogP contribution in [0.15, 0.2) is 12.4 Å². The number of fused-ring (bicyclic) bond motifs is 2. The van der Waals surface area contributed by atoms with Crippen molar-refractivity contribution in [3.8, 4) is 0 Å². The number of rotatable bonds is 6. The van der Waals surface area contributed by atoms with E-state index in [9.17, 15) is 0 Å². The Kier molecular flexibility index (Phi) is 4.20. The molecule has 2 saturated carbocycles. The van der Waals surface area contributed by atoms with Crippen LogP contribution in [0.4, 0.5) is 5.82 Å². The van der Waals surface area contributed by atoms with Crippen LogP contribution in [-0.2, 0) is 6.54 Å². The Morgan fingerprint density at radius 1 is 1.25 bits per heavy atom. The van der Waals surface area contributed by atoms with Crippen LogP contribution in [0, 0.1) is 17.8 Å². The summed E-state index contributed by atoms with van der Waals surface area (Å²) in [4.78, 5) is 11.3. The van der Waals surface area contributed by atoms with Gasteiger partial charge in [-0.2, -0.15) is 0 Å². The number of nitrogens with zero attached hydrogens (tertiary/aromatic N) is 3. The average molecular weight is 274 g/mol. The second-order valence-corrected chi connectivity index (χ2v) is 6.46. The third-order valence-corrected chi connectivity index (χ3v) is 5.03. The summed E-state index contributed by atoms with van der Waals surface area (Å²) in [6, 6.07) is 0. The van der Waals surface area contributed by atoms with Gasteiger partial charge in [0.2, 0.25) is 0 Å². The van der Waals surface area contributed by atoms with Crippen LogP contribution in [0.1, 0.15) is 38.3 Å². The Labute approximate surface area is 122 Å². The van der Waals surface area contributed by atoms with Gasteiger partial charge in [-0.25, -0.2) is 4.98 Å². The molecule has 2 fully saturated rings. The molecule has 2 aliphatic rings. The molecule has 0 aromatic carbocycles. The van der Waals surface area contributed by atoms with E-state index in [4.69, 9.17) is 0 Å². The summed E-state index contributed by atoms with van der Waals surface area (Å²) in [6.45, 7) is 5.01. The quantitative estimate of drug-likeness (QED) is 0.865. The average Bonchev–Trinajstić information content (AvgIpc) is 3.08. The van der Waals surface area contributed by atoms with E-state index >= 15 is 0 Å². The van der Waals surface area contributed by atoms with Gasteiger partial charge >= 0.3 is 0 Å². The summed E-state index contributed by atoms with van der Waals surface area (Å²) in [5.41, 5.74) is 1.02. The highest BCUT2D eigenvalue weighted by molar-refractivity contribution is 5.34. The van der Waals surface area contributed by atoms with Crippen molar-refractivity contribution in [3.63, 3.8) is 0 Å². The molecule has 1 heterocycles. The number of hydrogen-bond acceptors (Lipinski definition) is 4. The first-order chi connectivity index (χ1) is 9.76. The molecular weight excluding hydrogens is 248 g/mol. The number of hydrogen-bond donors (Lipinski definition) is 1. The van der Waals surface area contributed by atoms with Crippen molar-refractivity contribution >= 4 is 5.82 Å². The van der Waals surface area contributed by atoms with Crippen LogP contribution < -0.4 is 10.2 Å². The van der Waals surface area contributed by atoms with Crippen LogP contribution in [-0.4, -0.2) is 30.1 Å². The minimum absolute atomic E-state index is 0.805. The highest BCUT2D eigenvalue weighted by Crippen LogP contribution is 2.48. The molecule has 0 radical (unpaired) electrons. The fourth-order valence-corrected chi connectivity index (χ4v) is 3.93. The van der Waals surface area contributed by atoms with Crippen LogP contribution in [0.25, 0.3) is 0 Å². The Balaban J connectivity index is 1.55. The molecule has 0 spiro atoms. The van der Waals surface area contributed by atoms with Crippen molar-refractivity contribution in [1.29, 1.82) is 0 Å². The van der Waals surface area contributed by atoms with E-state index in [1.54, 1.807) is 0 Å². The van der Waals surface area contributed by atoms with Crippen LogP contribution >= 0.6 is 0 Å². The molecule has 1 aromatic rings. The van der Waals surface area contributed by atoms with Crippen molar-refractivity contribution in [3.05, 3.63) is 18.1 Å². The highest BCUT2D eigenvalue weighted by Gasteiger charge is 2.39. The first kappa shape index (κ1) is 13.8. The fraction of sp³-hybridized carbons (Fsp3) is 0.750. The molecule has 4 nitrogen and oxygen atoms in total. The van der Waals surface area contributed by atoms with Gasteiger partial charge in [0.25, 0.3) is 0 Å². The number of anilines is 1. The van der Waals surface area contributed by atoms with Gasteiger partial charge < -0.3 is 10.2 Å². The van der Waals surface area contributed by atoms with Gasteiger partial charge in [0, 0.05) is 20.1 Å². The molecule has 1 aromatic heterocycles. The predicted octanol–water partition coefficient (Wildman–Crippen LogP) is 2.46. The summed E-state index contributed by atoms with van der Waals surface area (Å²) in [5, 5.41) is 3.27. The summed E-state index contributed by atoms with van der Waals surface area (Å²) < 4.78 is 0. The van der Waals surface area contributed by atoms with Crippen molar-refractivity contribution in [2.75, 3.05) is 25.0 Å². The fourth-order valence-electron chi connectivity index (χ4n) is 3.93.